The van der Waals surface area contributed by atoms with E-state index in [4.69, 9.17) is 4.74 Å². The summed E-state index contributed by atoms with van der Waals surface area (Å²) in [6.07, 6.45) is 2.95. The van der Waals surface area contributed by atoms with Crippen molar-refractivity contribution in [3.8, 4) is 34.4 Å². The number of alkyl carbamates (subject to hydrolysis) is 1. The first kappa shape index (κ1) is 40.5. The van der Waals surface area contributed by atoms with Crippen LogP contribution in [0.4, 0.5) is 9.59 Å². The highest BCUT2D eigenvalue weighted by Crippen LogP contribution is 2.34. The van der Waals surface area contributed by atoms with Gasteiger partial charge in [-0.2, -0.15) is 0 Å². The van der Waals surface area contributed by atoms with Crippen LogP contribution in [-0.4, -0.2) is 115 Å². The fourth-order valence-electron chi connectivity index (χ4n) is 7.25. The van der Waals surface area contributed by atoms with Gasteiger partial charge >= 0.3 is 12.2 Å². The zero-order valence-corrected chi connectivity index (χ0v) is 33.2. The molecule has 2 aliphatic heterocycles. The van der Waals surface area contributed by atoms with E-state index in [0.29, 0.717) is 37.6 Å². The van der Waals surface area contributed by atoms with Gasteiger partial charge < -0.3 is 30.4 Å². The van der Waals surface area contributed by atoms with Gasteiger partial charge in [0, 0.05) is 38.3 Å². The molecular formula is C41H50N10O6. The predicted molar refractivity (Wildman–Crippen MR) is 212 cm³/mol. The molecule has 2 aliphatic rings. The number of H-pyrrole nitrogens is 2. The molecule has 2 fully saturated rings. The van der Waals surface area contributed by atoms with Crippen LogP contribution < -0.4 is 10.6 Å². The van der Waals surface area contributed by atoms with Crippen LogP contribution in [0.2, 0.25) is 0 Å². The Bertz CT molecular complexity index is 2130. The quantitative estimate of drug-likeness (QED) is 0.140. The van der Waals surface area contributed by atoms with Gasteiger partial charge in [-0.15, -0.1) is 0 Å². The molecule has 5 N–H and O–H groups in total. The Morgan fingerprint density at radius 1 is 0.719 bits per heavy atom. The molecule has 2 saturated heterocycles. The molecule has 4 heterocycles. The number of hydrogen-bond donors (Lipinski definition) is 5. The molecular weight excluding hydrogens is 729 g/mol. The molecule has 4 amide bonds. The topological polar surface area (TPSA) is 192 Å². The minimum Gasteiger partial charge on any atom is -0.465 e. The number of amides is 4. The fourth-order valence-corrected chi connectivity index (χ4v) is 7.25. The molecule has 2 aromatic heterocycles. The van der Waals surface area contributed by atoms with Crippen molar-refractivity contribution >= 4 is 24.0 Å². The van der Waals surface area contributed by atoms with E-state index in [1.165, 1.54) is 7.11 Å². The van der Waals surface area contributed by atoms with Crippen LogP contribution in [0.25, 0.3) is 22.5 Å². The van der Waals surface area contributed by atoms with Gasteiger partial charge in [-0.1, -0.05) is 63.8 Å². The Morgan fingerprint density at radius 3 is 1.49 bits per heavy atom. The first-order valence-corrected chi connectivity index (χ1v) is 19.0. The number of carbonyl (C=O) groups is 4. The number of rotatable bonds is 10. The molecule has 6 rings (SSSR count). The lowest BCUT2D eigenvalue weighted by Gasteiger charge is -2.33. The minimum atomic E-state index is -1.24. The van der Waals surface area contributed by atoms with Crippen molar-refractivity contribution in [1.82, 2.24) is 50.6 Å². The third-order valence-electron chi connectivity index (χ3n) is 10.4. The SMILES string of the molecule is COC(=O)N[C@H](C(=O)N1[C@H](c2ncc(-c3ccc(C#Cc4ccc(-c5cnc([C@@H]6CCN(C)N6C(=O)[C@@H](NC(=O)O)C(C)C)[nH]5)cc4)cc3)[nH]2)CCN1C)C(C)C. The van der Waals surface area contributed by atoms with Crippen LogP contribution in [-0.2, 0) is 14.3 Å². The normalized spacial score (nSPS) is 18.3. The standard InChI is InChI=1S/C41H50N10O6/c1-24(2)34(46-40(54)55)38(52)50-32(18-20-48(50)5)36-42-22-30(44-36)28-14-10-26(11-15-28)8-9-27-12-16-29(17-13-27)31-23-43-37(45-31)33-19-21-49(6)51(33)39(53)35(25(3)4)47-41(56)57-7/h10-17,22-25,32-35,46H,18-21H2,1-7H3,(H,42,44)(H,43,45)(H,47,56)(H,54,55)/t32-,33-,34-,35-/m0/s1. The highest BCUT2D eigenvalue weighted by atomic mass is 16.5. The molecule has 0 spiro atoms. The van der Waals surface area contributed by atoms with Crippen molar-refractivity contribution in [2.24, 2.45) is 11.8 Å². The van der Waals surface area contributed by atoms with Crippen LogP contribution in [0.5, 0.6) is 0 Å². The summed E-state index contributed by atoms with van der Waals surface area (Å²) in [4.78, 5) is 66.6. The minimum absolute atomic E-state index is 0.149. The summed E-state index contributed by atoms with van der Waals surface area (Å²) < 4.78 is 4.75. The molecule has 2 aromatic carbocycles. The Kier molecular flexibility index (Phi) is 12.3. The summed E-state index contributed by atoms with van der Waals surface area (Å²) in [5.41, 5.74) is 5.12. The highest BCUT2D eigenvalue weighted by Gasteiger charge is 2.42. The average molecular weight is 779 g/mol. The Balaban J connectivity index is 1.10. The van der Waals surface area contributed by atoms with Crippen LogP contribution in [0, 0.1) is 23.7 Å². The Hall–Kier alpha value is -6.18. The number of aromatic amines is 2. The van der Waals surface area contributed by atoms with Crippen LogP contribution in [0.1, 0.15) is 75.4 Å². The molecule has 300 valence electrons. The number of ether oxygens (including phenoxy) is 1. The molecule has 0 aliphatic carbocycles. The maximum Gasteiger partial charge on any atom is 0.407 e. The molecule has 16 nitrogen and oxygen atoms in total. The lowest BCUT2D eigenvalue weighted by Crippen LogP contribution is -2.54. The Labute approximate surface area is 331 Å². The summed E-state index contributed by atoms with van der Waals surface area (Å²) in [7, 11) is 4.94. The smallest absolute Gasteiger partial charge is 0.407 e. The molecule has 0 radical (unpaired) electrons. The van der Waals surface area contributed by atoms with Gasteiger partial charge in [0.15, 0.2) is 0 Å². The molecule has 0 bridgehead atoms. The summed E-state index contributed by atoms with van der Waals surface area (Å²) in [5, 5.41) is 21.3. The van der Waals surface area contributed by atoms with E-state index in [1.807, 2.05) is 100 Å². The predicted octanol–water partition coefficient (Wildman–Crippen LogP) is 4.78. The number of benzene rings is 2. The number of carbonyl (C=O) groups excluding carboxylic acids is 3. The van der Waals surface area contributed by atoms with Gasteiger partial charge in [0.05, 0.1) is 30.9 Å². The van der Waals surface area contributed by atoms with Crippen molar-refractivity contribution in [2.45, 2.75) is 64.7 Å². The van der Waals surface area contributed by atoms with Crippen LogP contribution in [0.3, 0.4) is 0 Å². The molecule has 57 heavy (non-hydrogen) atoms. The van der Waals surface area contributed by atoms with Gasteiger partial charge in [-0.25, -0.2) is 29.6 Å². The number of nitrogens with zero attached hydrogens (tertiary/aromatic N) is 6. The first-order chi connectivity index (χ1) is 27.2. The third-order valence-corrected chi connectivity index (χ3v) is 10.4. The maximum absolute atomic E-state index is 13.7. The number of nitrogens with one attached hydrogen (secondary N) is 4. The summed E-state index contributed by atoms with van der Waals surface area (Å²) in [6.45, 7) is 8.67. The number of hydrazine groups is 2. The van der Waals surface area contributed by atoms with E-state index in [2.05, 4.69) is 42.4 Å². The molecule has 0 saturated carbocycles. The van der Waals surface area contributed by atoms with Crippen molar-refractivity contribution < 1.29 is 29.0 Å². The number of aromatic nitrogens is 4. The number of hydrogen-bond acceptors (Lipinski definition) is 9. The first-order valence-electron chi connectivity index (χ1n) is 19.0. The molecule has 0 unspecified atom stereocenters. The van der Waals surface area contributed by atoms with Crippen molar-refractivity contribution in [3.63, 3.8) is 0 Å². The van der Waals surface area contributed by atoms with E-state index < -0.39 is 24.3 Å². The van der Waals surface area contributed by atoms with E-state index in [1.54, 1.807) is 22.4 Å². The maximum atomic E-state index is 13.7. The molecule has 4 atom stereocenters. The van der Waals surface area contributed by atoms with Gasteiger partial charge in [0.2, 0.25) is 0 Å². The van der Waals surface area contributed by atoms with E-state index >= 15 is 0 Å². The van der Waals surface area contributed by atoms with E-state index in [-0.39, 0.29) is 35.7 Å². The number of methoxy groups -OCH3 is 1. The van der Waals surface area contributed by atoms with E-state index in [0.717, 1.165) is 33.6 Å². The van der Waals surface area contributed by atoms with Crippen molar-refractivity contribution in [2.75, 3.05) is 34.3 Å². The lowest BCUT2D eigenvalue weighted by atomic mass is 10.0. The third kappa shape index (κ3) is 8.95. The van der Waals surface area contributed by atoms with Gasteiger partial charge in [0.1, 0.15) is 35.8 Å². The largest absolute Gasteiger partial charge is 0.465 e. The fraction of sp³-hybridized carbons (Fsp3) is 0.415. The number of carboxylic acid groups (broad SMARTS) is 1. The average Bonchev–Trinajstić information content (AvgIpc) is 4.01. The van der Waals surface area contributed by atoms with Crippen molar-refractivity contribution in [3.05, 3.63) is 83.7 Å². The second kappa shape index (κ2) is 17.3. The zero-order valence-electron chi connectivity index (χ0n) is 33.2. The van der Waals surface area contributed by atoms with Gasteiger partial charge in [0.25, 0.3) is 11.8 Å². The van der Waals surface area contributed by atoms with Crippen LogP contribution >= 0.6 is 0 Å². The van der Waals surface area contributed by atoms with Gasteiger partial charge in [-0.05, 0) is 60.1 Å². The molecule has 4 aromatic rings. The van der Waals surface area contributed by atoms with Crippen LogP contribution in [0.15, 0.2) is 60.9 Å². The highest BCUT2D eigenvalue weighted by molar-refractivity contribution is 5.86. The van der Waals surface area contributed by atoms with Gasteiger partial charge in [-0.3, -0.25) is 19.6 Å². The number of imidazole rings is 2. The second-order valence-electron chi connectivity index (χ2n) is 15.0. The Morgan fingerprint density at radius 2 is 1.12 bits per heavy atom. The summed E-state index contributed by atoms with van der Waals surface area (Å²) in [6, 6.07) is 13.4. The van der Waals surface area contributed by atoms with E-state index in [9.17, 15) is 24.3 Å². The molecule has 16 heteroatoms. The van der Waals surface area contributed by atoms with Crippen molar-refractivity contribution in [1.29, 1.82) is 0 Å². The monoisotopic (exact) mass is 778 g/mol. The zero-order chi connectivity index (χ0) is 41.0. The second-order valence-corrected chi connectivity index (χ2v) is 15.0. The lowest BCUT2D eigenvalue weighted by molar-refractivity contribution is -0.150. The summed E-state index contributed by atoms with van der Waals surface area (Å²) >= 11 is 0. The summed E-state index contributed by atoms with van der Waals surface area (Å²) in [5.74, 6) is 6.83.